The zero-order valence-electron chi connectivity index (χ0n) is 13.0. The molecule has 0 atom stereocenters. The molecule has 0 unspecified atom stereocenters. The summed E-state index contributed by atoms with van der Waals surface area (Å²) in [5.41, 5.74) is 0. The number of benzene rings is 1. The van der Waals surface area contributed by atoms with Crippen molar-refractivity contribution >= 4 is 26.0 Å². The van der Waals surface area contributed by atoms with Crippen molar-refractivity contribution in [3.8, 4) is 5.75 Å². The Balaban J connectivity index is 2.93. The van der Waals surface area contributed by atoms with E-state index >= 15 is 0 Å². The normalized spacial score (nSPS) is 12.1. The van der Waals surface area contributed by atoms with Crippen LogP contribution in [0.2, 0.25) is 0 Å². The molecule has 1 aromatic rings. The summed E-state index contributed by atoms with van der Waals surface area (Å²) in [5, 5.41) is 0. The van der Waals surface area contributed by atoms with Crippen molar-refractivity contribution < 1.29 is 13.2 Å². The molecule has 5 nitrogen and oxygen atoms in total. The van der Waals surface area contributed by atoms with Crippen molar-refractivity contribution in [3.63, 3.8) is 0 Å². The molecule has 0 amide bonds. The summed E-state index contributed by atoms with van der Waals surface area (Å²) in [5.74, 6) is 0.615. The van der Waals surface area contributed by atoms with Crippen LogP contribution in [0.25, 0.3) is 0 Å². The molecule has 21 heavy (non-hydrogen) atoms. The highest BCUT2D eigenvalue weighted by Crippen LogP contribution is 2.28. The van der Waals surface area contributed by atoms with Crippen LogP contribution in [0.5, 0.6) is 5.75 Å². The molecule has 0 radical (unpaired) electrons. The van der Waals surface area contributed by atoms with Gasteiger partial charge in [0.15, 0.2) is 0 Å². The first-order valence-electron chi connectivity index (χ1n) is 6.81. The minimum absolute atomic E-state index is 0.280. The molecule has 0 spiro atoms. The lowest BCUT2D eigenvalue weighted by Gasteiger charge is -2.21. The molecule has 0 N–H and O–H groups in total. The number of methoxy groups -OCH3 is 1. The van der Waals surface area contributed by atoms with E-state index in [1.54, 1.807) is 25.3 Å². The molecule has 0 bridgehead atoms. The number of ether oxygens (including phenoxy) is 1. The van der Waals surface area contributed by atoms with Crippen molar-refractivity contribution in [2.45, 2.75) is 18.2 Å². The molecule has 120 valence electrons. The summed E-state index contributed by atoms with van der Waals surface area (Å²) < 4.78 is 32.6. The molecule has 0 heterocycles. The smallest absolute Gasteiger partial charge is 0.243 e. The second kappa shape index (κ2) is 8.12. The number of nitrogens with zero attached hydrogens (tertiary/aromatic N) is 2. The third-order valence-corrected chi connectivity index (χ3v) is 5.72. The fraction of sp³-hybridized carbons (Fsp3) is 0.571. The van der Waals surface area contributed by atoms with Crippen LogP contribution >= 0.6 is 15.9 Å². The number of rotatable bonds is 8. The van der Waals surface area contributed by atoms with Crippen molar-refractivity contribution in [3.05, 3.63) is 22.7 Å². The summed E-state index contributed by atoms with van der Waals surface area (Å²) in [4.78, 5) is 2.33. The fourth-order valence-corrected chi connectivity index (χ4v) is 4.17. The van der Waals surface area contributed by atoms with Gasteiger partial charge in [-0.2, -0.15) is 4.31 Å². The predicted molar refractivity (Wildman–Crippen MR) is 88.3 cm³/mol. The Morgan fingerprint density at radius 2 is 1.90 bits per heavy atom. The molecule has 1 rings (SSSR count). The summed E-state index contributed by atoms with van der Waals surface area (Å²) >= 11 is 3.33. The average molecular weight is 379 g/mol. The van der Waals surface area contributed by atoms with E-state index in [1.165, 1.54) is 4.31 Å². The van der Waals surface area contributed by atoms with E-state index in [-0.39, 0.29) is 4.90 Å². The molecule has 0 saturated carbocycles. The van der Waals surface area contributed by atoms with Crippen molar-refractivity contribution in [1.82, 2.24) is 9.21 Å². The van der Waals surface area contributed by atoms with Crippen LogP contribution in [0.4, 0.5) is 0 Å². The monoisotopic (exact) mass is 378 g/mol. The lowest BCUT2D eigenvalue weighted by molar-refractivity contribution is 0.356. The molecule has 0 aliphatic rings. The Bertz CT molecular complexity index is 561. The average Bonchev–Trinajstić information content (AvgIpc) is 2.42. The minimum Gasteiger partial charge on any atom is -0.496 e. The standard InChI is InChI=1S/C14H23BrN2O3S/c1-5-17(10-6-9-16(2)3)21(18,19)12-7-8-14(20-4)13(15)11-12/h7-8,11H,5-6,9-10H2,1-4H3. The number of hydrogen-bond acceptors (Lipinski definition) is 4. The molecular weight excluding hydrogens is 356 g/mol. The van der Waals surface area contributed by atoms with Gasteiger partial charge < -0.3 is 9.64 Å². The maximum absolute atomic E-state index is 12.6. The summed E-state index contributed by atoms with van der Waals surface area (Å²) in [6.07, 6.45) is 0.803. The van der Waals surface area contributed by atoms with Gasteiger partial charge in [-0.15, -0.1) is 0 Å². The third-order valence-electron chi connectivity index (χ3n) is 3.13. The molecule has 0 aliphatic heterocycles. The Morgan fingerprint density at radius 1 is 1.24 bits per heavy atom. The van der Waals surface area contributed by atoms with Crippen LogP contribution < -0.4 is 4.74 Å². The topological polar surface area (TPSA) is 49.9 Å². The molecule has 1 aromatic carbocycles. The SMILES string of the molecule is CCN(CCCN(C)C)S(=O)(=O)c1ccc(OC)c(Br)c1. The lowest BCUT2D eigenvalue weighted by Crippen LogP contribution is -2.33. The highest BCUT2D eigenvalue weighted by molar-refractivity contribution is 9.10. The highest BCUT2D eigenvalue weighted by Gasteiger charge is 2.23. The number of hydrogen-bond donors (Lipinski definition) is 0. The van der Waals surface area contributed by atoms with Crippen LogP contribution in [0.1, 0.15) is 13.3 Å². The Morgan fingerprint density at radius 3 is 2.38 bits per heavy atom. The van der Waals surface area contributed by atoms with Gasteiger partial charge in [-0.25, -0.2) is 8.42 Å². The van der Waals surface area contributed by atoms with Crippen LogP contribution in [0, 0.1) is 0 Å². The van der Waals surface area contributed by atoms with Gasteiger partial charge in [0.1, 0.15) is 5.75 Å². The van der Waals surface area contributed by atoms with Gasteiger partial charge in [0.25, 0.3) is 0 Å². The van der Waals surface area contributed by atoms with E-state index in [1.807, 2.05) is 25.9 Å². The van der Waals surface area contributed by atoms with Crippen molar-refractivity contribution in [2.24, 2.45) is 0 Å². The maximum Gasteiger partial charge on any atom is 0.243 e. The summed E-state index contributed by atoms with van der Waals surface area (Å²) in [6, 6.07) is 4.82. The van der Waals surface area contributed by atoms with E-state index in [0.29, 0.717) is 23.3 Å². The third kappa shape index (κ3) is 4.95. The van der Waals surface area contributed by atoms with Gasteiger partial charge in [-0.1, -0.05) is 6.92 Å². The minimum atomic E-state index is -3.47. The van der Waals surface area contributed by atoms with Gasteiger partial charge >= 0.3 is 0 Å². The molecule has 0 aliphatic carbocycles. The Kier molecular flexibility index (Phi) is 7.12. The molecule has 0 saturated heterocycles. The van der Waals surface area contributed by atoms with Crippen molar-refractivity contribution in [2.75, 3.05) is 40.8 Å². The Labute approximate surface area is 136 Å². The van der Waals surface area contributed by atoms with Crippen LogP contribution in [-0.2, 0) is 10.0 Å². The van der Waals surface area contributed by atoms with Gasteiger partial charge in [-0.05, 0) is 61.2 Å². The van der Waals surface area contributed by atoms with Gasteiger partial charge in [0.2, 0.25) is 10.0 Å². The molecule has 0 fully saturated rings. The first-order chi connectivity index (χ1) is 9.82. The predicted octanol–water partition coefficient (Wildman–Crippen LogP) is 2.42. The van der Waals surface area contributed by atoms with Crippen LogP contribution in [0.15, 0.2) is 27.6 Å². The first-order valence-corrected chi connectivity index (χ1v) is 9.04. The number of halogens is 1. The van der Waals surface area contributed by atoms with Crippen molar-refractivity contribution in [1.29, 1.82) is 0 Å². The maximum atomic E-state index is 12.6. The van der Waals surface area contributed by atoms with E-state index < -0.39 is 10.0 Å². The molecule has 7 heteroatoms. The Hall–Kier alpha value is -0.630. The van der Waals surface area contributed by atoms with E-state index in [0.717, 1.165) is 13.0 Å². The zero-order chi connectivity index (χ0) is 16.0. The van der Waals surface area contributed by atoms with Gasteiger partial charge in [0.05, 0.1) is 16.5 Å². The quantitative estimate of drug-likeness (QED) is 0.696. The largest absolute Gasteiger partial charge is 0.496 e. The first kappa shape index (κ1) is 18.4. The second-order valence-electron chi connectivity index (χ2n) is 4.95. The highest BCUT2D eigenvalue weighted by atomic mass is 79.9. The van der Waals surface area contributed by atoms with E-state index in [2.05, 4.69) is 15.9 Å². The lowest BCUT2D eigenvalue weighted by atomic mass is 10.3. The van der Waals surface area contributed by atoms with Crippen LogP contribution in [-0.4, -0.2) is 58.5 Å². The van der Waals surface area contributed by atoms with Gasteiger partial charge in [0, 0.05) is 13.1 Å². The summed E-state index contributed by atoms with van der Waals surface area (Å²) in [6.45, 7) is 3.68. The van der Waals surface area contributed by atoms with E-state index in [4.69, 9.17) is 4.74 Å². The fourth-order valence-electron chi connectivity index (χ4n) is 1.97. The van der Waals surface area contributed by atoms with Crippen LogP contribution in [0.3, 0.4) is 0 Å². The molecule has 0 aromatic heterocycles. The second-order valence-corrected chi connectivity index (χ2v) is 7.74. The molecular formula is C14H23BrN2O3S. The van der Waals surface area contributed by atoms with E-state index in [9.17, 15) is 8.42 Å². The zero-order valence-corrected chi connectivity index (χ0v) is 15.4. The summed E-state index contributed by atoms with van der Waals surface area (Å²) in [7, 11) is 2.04. The van der Waals surface area contributed by atoms with Gasteiger partial charge in [-0.3, -0.25) is 0 Å². The number of sulfonamides is 1.